The van der Waals surface area contributed by atoms with Crippen LogP contribution in [0.25, 0.3) is 0 Å². The fraction of sp³-hybridized carbons (Fsp3) is 0.259. The molecule has 1 heterocycles. The minimum atomic E-state index is -4.55. The number of carbonyl (C=O) groups excluding carboxylic acids is 2. The lowest BCUT2D eigenvalue weighted by molar-refractivity contribution is -0.141. The van der Waals surface area contributed by atoms with Gasteiger partial charge in [0, 0.05) is 0 Å². The summed E-state index contributed by atoms with van der Waals surface area (Å²) in [7, 11) is -7.91. The lowest BCUT2D eigenvalue weighted by Gasteiger charge is -2.27. The molecule has 11 heteroatoms. The molecule has 200 valence electrons. The lowest BCUT2D eigenvalue weighted by Crippen LogP contribution is -2.43. The van der Waals surface area contributed by atoms with Gasteiger partial charge in [-0.15, -0.1) is 0 Å². The van der Waals surface area contributed by atoms with Gasteiger partial charge in [0.25, 0.3) is 20.0 Å². The normalized spacial score (nSPS) is 18.0. The monoisotopic (exact) mass is 556 g/mol. The van der Waals surface area contributed by atoms with Crippen molar-refractivity contribution in [1.29, 1.82) is 0 Å². The highest BCUT2D eigenvalue weighted by Crippen LogP contribution is 2.37. The van der Waals surface area contributed by atoms with Crippen LogP contribution in [0.1, 0.15) is 23.1 Å². The second-order valence-corrected chi connectivity index (χ2v) is 12.7. The fourth-order valence-corrected chi connectivity index (χ4v) is 7.65. The summed E-state index contributed by atoms with van der Waals surface area (Å²) in [4.78, 5) is 26.0. The van der Waals surface area contributed by atoms with Crippen LogP contribution in [0.4, 0.5) is 4.79 Å². The topological polar surface area (TPSA) is 118 Å². The highest BCUT2D eigenvalue weighted by molar-refractivity contribution is 7.91. The molecule has 1 fully saturated rings. The maximum absolute atomic E-state index is 13.9. The number of amides is 2. The number of ether oxygens (including phenoxy) is 1. The first-order valence-electron chi connectivity index (χ1n) is 11.8. The van der Waals surface area contributed by atoms with Crippen molar-refractivity contribution < 1.29 is 31.2 Å². The molecule has 1 saturated heterocycles. The first-order chi connectivity index (χ1) is 18.0. The maximum atomic E-state index is 13.9. The van der Waals surface area contributed by atoms with Gasteiger partial charge in [-0.1, -0.05) is 65.7 Å². The van der Waals surface area contributed by atoms with Gasteiger partial charge in [-0.3, -0.25) is 4.79 Å². The zero-order valence-corrected chi connectivity index (χ0v) is 22.8. The molecule has 0 bridgehead atoms. The van der Waals surface area contributed by atoms with Crippen molar-refractivity contribution in [2.45, 2.75) is 48.6 Å². The van der Waals surface area contributed by atoms with Crippen LogP contribution < -0.4 is 0 Å². The van der Waals surface area contributed by atoms with Crippen molar-refractivity contribution >= 4 is 32.0 Å². The Balaban J connectivity index is 1.91. The van der Waals surface area contributed by atoms with Crippen LogP contribution in [-0.4, -0.2) is 56.6 Å². The van der Waals surface area contributed by atoms with E-state index in [1.165, 1.54) is 24.3 Å². The molecule has 9 nitrogen and oxygen atoms in total. The maximum Gasteiger partial charge on any atom is 0.348 e. The first-order valence-corrected chi connectivity index (χ1v) is 14.7. The van der Waals surface area contributed by atoms with Gasteiger partial charge < -0.3 is 4.74 Å². The zero-order valence-electron chi connectivity index (χ0n) is 21.1. The number of sulfonamides is 2. The van der Waals surface area contributed by atoms with Gasteiger partial charge in [0.05, 0.1) is 35.4 Å². The predicted molar refractivity (Wildman–Crippen MR) is 140 cm³/mol. The molecular formula is C27H28N2O7S2. The van der Waals surface area contributed by atoms with E-state index in [2.05, 4.69) is 0 Å². The second kappa shape index (κ2) is 10.6. The molecule has 0 aromatic heterocycles. The molecule has 38 heavy (non-hydrogen) atoms. The minimum absolute atomic E-state index is 0.0146. The number of benzene rings is 3. The van der Waals surface area contributed by atoms with Crippen LogP contribution in [0.15, 0.2) is 88.7 Å². The number of hydrogen-bond acceptors (Lipinski definition) is 7. The van der Waals surface area contributed by atoms with Gasteiger partial charge in [-0.05, 0) is 50.1 Å². The summed E-state index contributed by atoms with van der Waals surface area (Å²) >= 11 is 0. The Kier molecular flexibility index (Phi) is 7.61. The standard InChI is InChI=1S/C27H28N2O7S2/c1-19-9-13-22(14-10-19)37(32,33)28-24(17-21-7-5-4-6-8-21)25(18-26(30)36-3)29(27(28)31)38(34,35)23-15-11-20(2)12-16-23/h4-16,24-25H,17-18H2,1-3H3/t24-,25-/m1/s1. The van der Waals surface area contributed by atoms with Crippen LogP contribution >= 0.6 is 0 Å². The zero-order chi connectivity index (χ0) is 27.7. The van der Waals surface area contributed by atoms with Crippen molar-refractivity contribution in [3.63, 3.8) is 0 Å². The molecule has 3 aromatic carbocycles. The van der Waals surface area contributed by atoms with Crippen molar-refractivity contribution in [2.75, 3.05) is 7.11 Å². The fourth-order valence-electron chi connectivity index (χ4n) is 4.45. The Labute approximate surface area is 222 Å². The summed E-state index contributed by atoms with van der Waals surface area (Å²) in [6, 6.07) is 16.7. The van der Waals surface area contributed by atoms with E-state index in [0.29, 0.717) is 14.2 Å². The molecule has 0 aliphatic carbocycles. The number of hydrogen-bond donors (Lipinski definition) is 0. The van der Waals surface area contributed by atoms with Crippen LogP contribution in [0, 0.1) is 13.8 Å². The van der Waals surface area contributed by atoms with E-state index in [-0.39, 0.29) is 16.2 Å². The van der Waals surface area contributed by atoms with Crippen molar-refractivity contribution in [3.05, 3.63) is 95.6 Å². The van der Waals surface area contributed by atoms with Crippen molar-refractivity contribution in [2.24, 2.45) is 0 Å². The molecule has 0 spiro atoms. The van der Waals surface area contributed by atoms with Crippen LogP contribution in [0.3, 0.4) is 0 Å². The minimum Gasteiger partial charge on any atom is -0.469 e. The molecular weight excluding hydrogens is 528 g/mol. The molecule has 1 aliphatic rings. The summed E-state index contributed by atoms with van der Waals surface area (Å²) in [5, 5.41) is 0. The highest BCUT2D eigenvalue weighted by Gasteiger charge is 2.56. The average molecular weight is 557 g/mol. The summed E-state index contributed by atoms with van der Waals surface area (Å²) in [5.74, 6) is -0.778. The number of methoxy groups -OCH3 is 1. The third-order valence-corrected chi connectivity index (χ3v) is 10.1. The predicted octanol–water partition coefficient (Wildman–Crippen LogP) is 3.66. The van der Waals surface area contributed by atoms with Gasteiger partial charge in [0.15, 0.2) is 0 Å². The number of urea groups is 1. The van der Waals surface area contributed by atoms with Crippen LogP contribution in [0.2, 0.25) is 0 Å². The SMILES string of the molecule is COC(=O)C[C@@H]1[C@@H](Cc2ccccc2)N(S(=O)(=O)c2ccc(C)cc2)C(=O)N1S(=O)(=O)c1ccc(C)cc1. The van der Waals surface area contributed by atoms with E-state index in [9.17, 15) is 26.4 Å². The number of aryl methyl sites for hydroxylation is 2. The molecule has 4 rings (SSSR count). The summed E-state index contributed by atoms with van der Waals surface area (Å²) in [5.41, 5.74) is 2.27. The Morgan fingerprint density at radius 1 is 0.737 bits per heavy atom. The van der Waals surface area contributed by atoms with Crippen molar-refractivity contribution in [1.82, 2.24) is 8.61 Å². The van der Waals surface area contributed by atoms with Gasteiger partial charge in [0.2, 0.25) is 0 Å². The van der Waals surface area contributed by atoms with Gasteiger partial charge in [-0.2, -0.15) is 0 Å². The Bertz CT molecular complexity index is 1540. The van der Waals surface area contributed by atoms with E-state index < -0.39 is 50.6 Å². The molecule has 0 radical (unpaired) electrons. The van der Waals surface area contributed by atoms with Crippen LogP contribution in [0.5, 0.6) is 0 Å². The molecule has 2 atom stereocenters. The molecule has 0 saturated carbocycles. The van der Waals surface area contributed by atoms with E-state index in [1.54, 1.807) is 68.4 Å². The number of carbonyl (C=O) groups is 2. The highest BCUT2D eigenvalue weighted by atomic mass is 32.2. The summed E-state index contributed by atoms with van der Waals surface area (Å²) in [6.07, 6.45) is -0.538. The van der Waals surface area contributed by atoms with Gasteiger partial charge in [0.1, 0.15) is 0 Å². The molecule has 1 aliphatic heterocycles. The van der Waals surface area contributed by atoms with E-state index in [0.717, 1.165) is 18.2 Å². The summed E-state index contributed by atoms with van der Waals surface area (Å²) < 4.78 is 61.3. The Morgan fingerprint density at radius 2 is 1.18 bits per heavy atom. The third-order valence-electron chi connectivity index (χ3n) is 6.47. The van der Waals surface area contributed by atoms with Gasteiger partial charge >= 0.3 is 12.0 Å². The largest absolute Gasteiger partial charge is 0.469 e. The molecule has 0 N–H and O–H groups in total. The third kappa shape index (κ3) is 5.16. The quantitative estimate of drug-likeness (QED) is 0.389. The molecule has 2 amide bonds. The van der Waals surface area contributed by atoms with Crippen molar-refractivity contribution in [3.8, 4) is 0 Å². The lowest BCUT2D eigenvalue weighted by atomic mass is 9.99. The Hall–Kier alpha value is -3.70. The van der Waals surface area contributed by atoms with E-state index in [4.69, 9.17) is 4.74 Å². The van der Waals surface area contributed by atoms with Gasteiger partial charge in [-0.25, -0.2) is 30.2 Å². The smallest absolute Gasteiger partial charge is 0.348 e. The van der Waals surface area contributed by atoms with E-state index >= 15 is 0 Å². The number of rotatable bonds is 8. The Morgan fingerprint density at radius 3 is 1.63 bits per heavy atom. The first kappa shape index (κ1) is 27.3. The number of nitrogens with zero attached hydrogens (tertiary/aromatic N) is 2. The van der Waals surface area contributed by atoms with E-state index in [1.807, 2.05) is 0 Å². The second-order valence-electron chi connectivity index (χ2n) is 9.12. The average Bonchev–Trinajstić information content (AvgIpc) is 3.16. The van der Waals surface area contributed by atoms with Crippen LogP contribution in [-0.2, 0) is 36.0 Å². The molecule has 0 unspecified atom stereocenters. The summed E-state index contributed by atoms with van der Waals surface area (Å²) in [6.45, 7) is 3.57. The molecule has 3 aromatic rings. The number of esters is 1.